The lowest BCUT2D eigenvalue weighted by atomic mass is 10.2. The molecule has 3 aromatic rings. The van der Waals surface area contributed by atoms with Gasteiger partial charge in [0.25, 0.3) is 0 Å². The molecule has 1 aromatic carbocycles. The van der Waals surface area contributed by atoms with Crippen molar-refractivity contribution in [3.05, 3.63) is 52.2 Å². The van der Waals surface area contributed by atoms with Crippen LogP contribution < -0.4 is 20.1 Å². The predicted octanol–water partition coefficient (Wildman–Crippen LogP) is 3.10. The number of aliphatic imine (C=N–C) groups is 1. The van der Waals surface area contributed by atoms with Crippen LogP contribution in [0.3, 0.4) is 0 Å². The molecule has 0 atom stereocenters. The van der Waals surface area contributed by atoms with E-state index in [-0.39, 0.29) is 0 Å². The molecule has 0 saturated carbocycles. The van der Waals surface area contributed by atoms with Crippen LogP contribution >= 0.6 is 11.3 Å². The summed E-state index contributed by atoms with van der Waals surface area (Å²) in [5.41, 5.74) is 0.876. The average Bonchev–Trinajstić information content (AvgIpc) is 3.28. The second-order valence-electron chi connectivity index (χ2n) is 6.66. The summed E-state index contributed by atoms with van der Waals surface area (Å²) in [5, 5.41) is 17.1. The first-order valence-corrected chi connectivity index (χ1v) is 10.4. The molecule has 0 amide bonds. The van der Waals surface area contributed by atoms with E-state index >= 15 is 0 Å². The summed E-state index contributed by atoms with van der Waals surface area (Å²) in [6, 6.07) is 9.96. The fourth-order valence-corrected chi connectivity index (χ4v) is 3.48. The van der Waals surface area contributed by atoms with Gasteiger partial charge in [-0.25, -0.2) is 4.99 Å². The van der Waals surface area contributed by atoms with E-state index in [1.165, 1.54) is 4.88 Å². The second kappa shape index (κ2) is 8.95. The number of aryl methyl sites for hydroxylation is 1. The van der Waals surface area contributed by atoms with Crippen LogP contribution in [0.1, 0.15) is 22.9 Å². The van der Waals surface area contributed by atoms with Gasteiger partial charge in [0, 0.05) is 30.1 Å². The van der Waals surface area contributed by atoms with Crippen LogP contribution in [0.25, 0.3) is 0 Å². The monoisotopic (exact) mass is 412 g/mol. The van der Waals surface area contributed by atoms with E-state index in [4.69, 9.17) is 14.5 Å². The fraction of sp³-hybridized carbons (Fsp3) is 0.350. The molecule has 0 radical (unpaired) electrons. The number of benzene rings is 1. The number of hydrogen-bond acceptors (Lipinski definition) is 6. The number of rotatable bonds is 5. The number of fused-ring (bicyclic) bond motifs is 1. The lowest BCUT2D eigenvalue weighted by Crippen LogP contribution is -2.30. The standard InChI is InChI=1S/C20H24N6O2S/c1-14-24-25-19(26(14)2)13-22-20(21-12-16-5-3-10-29-16)23-15-6-7-17-18(11-15)28-9-4-8-27-17/h3,5-7,10-11H,4,8-9,12-13H2,1-2H3,(H2,21,22,23). The molecule has 2 N–H and O–H groups in total. The van der Waals surface area contributed by atoms with Gasteiger partial charge >= 0.3 is 0 Å². The predicted molar refractivity (Wildman–Crippen MR) is 114 cm³/mol. The highest BCUT2D eigenvalue weighted by Gasteiger charge is 2.12. The first kappa shape index (κ1) is 19.3. The molecular formula is C20H24N6O2S. The van der Waals surface area contributed by atoms with Gasteiger partial charge in [-0.05, 0) is 30.5 Å². The summed E-state index contributed by atoms with van der Waals surface area (Å²) >= 11 is 1.70. The first-order chi connectivity index (χ1) is 14.2. The second-order valence-corrected chi connectivity index (χ2v) is 7.69. The van der Waals surface area contributed by atoms with Gasteiger partial charge in [-0.1, -0.05) is 6.07 Å². The maximum Gasteiger partial charge on any atom is 0.196 e. The minimum absolute atomic E-state index is 0.418. The van der Waals surface area contributed by atoms with Crippen LogP contribution in [0.5, 0.6) is 11.5 Å². The summed E-state index contributed by atoms with van der Waals surface area (Å²) < 4.78 is 13.4. The number of anilines is 1. The van der Waals surface area contributed by atoms with Gasteiger partial charge in [-0.2, -0.15) is 0 Å². The largest absolute Gasteiger partial charge is 0.490 e. The zero-order valence-electron chi connectivity index (χ0n) is 16.5. The van der Waals surface area contributed by atoms with Crippen molar-refractivity contribution in [3.63, 3.8) is 0 Å². The number of nitrogens with one attached hydrogen (secondary N) is 2. The summed E-state index contributed by atoms with van der Waals surface area (Å²) in [6.07, 6.45) is 0.879. The van der Waals surface area contributed by atoms with Crippen molar-refractivity contribution in [2.24, 2.45) is 12.0 Å². The van der Waals surface area contributed by atoms with Crippen LogP contribution in [0, 0.1) is 6.92 Å². The van der Waals surface area contributed by atoms with Crippen molar-refractivity contribution in [1.29, 1.82) is 0 Å². The van der Waals surface area contributed by atoms with Gasteiger partial charge in [0.15, 0.2) is 23.3 Å². The van der Waals surface area contributed by atoms with E-state index in [9.17, 15) is 0 Å². The van der Waals surface area contributed by atoms with Crippen LogP contribution in [-0.2, 0) is 20.1 Å². The highest BCUT2D eigenvalue weighted by Crippen LogP contribution is 2.32. The summed E-state index contributed by atoms with van der Waals surface area (Å²) in [6.45, 7) is 4.35. The number of hydrogen-bond donors (Lipinski definition) is 2. The molecule has 0 unspecified atom stereocenters. The zero-order chi connectivity index (χ0) is 20.1. The Morgan fingerprint density at radius 3 is 2.83 bits per heavy atom. The number of nitrogens with zero attached hydrogens (tertiary/aromatic N) is 4. The number of thiophene rings is 1. The van der Waals surface area contributed by atoms with Crippen molar-refractivity contribution in [3.8, 4) is 11.5 Å². The van der Waals surface area contributed by atoms with Gasteiger partial charge in [-0.3, -0.25) is 0 Å². The first-order valence-electron chi connectivity index (χ1n) is 9.51. The third-order valence-corrected chi connectivity index (χ3v) is 5.46. The summed E-state index contributed by atoms with van der Waals surface area (Å²) in [5.74, 6) is 3.84. The Hall–Kier alpha value is -3.07. The minimum Gasteiger partial charge on any atom is -0.490 e. The molecule has 152 valence electrons. The molecule has 4 rings (SSSR count). The zero-order valence-corrected chi connectivity index (χ0v) is 17.3. The van der Waals surface area contributed by atoms with Gasteiger partial charge in [-0.15, -0.1) is 21.5 Å². The summed E-state index contributed by atoms with van der Waals surface area (Å²) in [4.78, 5) is 5.93. The normalized spacial score (nSPS) is 13.8. The third-order valence-electron chi connectivity index (χ3n) is 4.58. The molecule has 0 saturated heterocycles. The molecule has 0 bridgehead atoms. The molecule has 29 heavy (non-hydrogen) atoms. The van der Waals surface area contributed by atoms with Gasteiger partial charge < -0.3 is 24.7 Å². The van der Waals surface area contributed by atoms with E-state index in [0.717, 1.165) is 35.3 Å². The Labute approximate surface area is 173 Å². The molecule has 1 aliphatic rings. The van der Waals surface area contributed by atoms with Gasteiger partial charge in [0.05, 0.1) is 19.8 Å². The fourth-order valence-electron chi connectivity index (χ4n) is 2.84. The van der Waals surface area contributed by atoms with E-state index in [1.807, 2.05) is 42.8 Å². The van der Waals surface area contributed by atoms with Gasteiger partial charge in [0.1, 0.15) is 12.4 Å². The molecule has 0 spiro atoms. The lowest BCUT2D eigenvalue weighted by Gasteiger charge is -2.14. The molecule has 3 heterocycles. The quantitative estimate of drug-likeness (QED) is 0.495. The highest BCUT2D eigenvalue weighted by atomic mass is 32.1. The maximum absolute atomic E-state index is 5.79. The number of ether oxygens (including phenoxy) is 2. The van der Waals surface area contributed by atoms with Gasteiger partial charge in [0.2, 0.25) is 0 Å². The van der Waals surface area contributed by atoms with Crippen LogP contribution in [0.15, 0.2) is 40.7 Å². The SMILES string of the molecule is Cc1nnc(CN=C(NCc2cccs2)Nc2ccc3c(c2)OCCCO3)n1C. The van der Waals surface area contributed by atoms with Crippen molar-refractivity contribution < 1.29 is 9.47 Å². The molecule has 1 aliphatic heterocycles. The van der Waals surface area contributed by atoms with E-state index < -0.39 is 0 Å². The Kier molecular flexibility index (Phi) is 5.95. The molecular weight excluding hydrogens is 388 g/mol. The number of aromatic nitrogens is 3. The molecule has 0 fully saturated rings. The van der Waals surface area contributed by atoms with Crippen molar-refractivity contribution in [1.82, 2.24) is 20.1 Å². The maximum atomic E-state index is 5.79. The Balaban J connectivity index is 1.51. The molecule has 0 aliphatic carbocycles. The van der Waals surface area contributed by atoms with Crippen molar-refractivity contribution in [2.75, 3.05) is 18.5 Å². The minimum atomic E-state index is 0.418. The highest BCUT2D eigenvalue weighted by molar-refractivity contribution is 7.09. The van der Waals surface area contributed by atoms with E-state index in [2.05, 4.69) is 32.3 Å². The molecule has 9 heteroatoms. The van der Waals surface area contributed by atoms with Crippen LogP contribution in [0.4, 0.5) is 5.69 Å². The summed E-state index contributed by atoms with van der Waals surface area (Å²) in [7, 11) is 1.94. The Bertz CT molecular complexity index is 983. The van der Waals surface area contributed by atoms with Crippen LogP contribution in [-0.4, -0.2) is 33.9 Å². The Morgan fingerprint density at radius 2 is 2.07 bits per heavy atom. The molecule has 2 aromatic heterocycles. The Morgan fingerprint density at radius 1 is 1.21 bits per heavy atom. The number of guanidine groups is 1. The molecule has 8 nitrogen and oxygen atoms in total. The van der Waals surface area contributed by atoms with E-state index in [0.29, 0.717) is 32.3 Å². The topological polar surface area (TPSA) is 85.6 Å². The average molecular weight is 413 g/mol. The van der Waals surface area contributed by atoms with Crippen LogP contribution in [0.2, 0.25) is 0 Å². The smallest absolute Gasteiger partial charge is 0.196 e. The lowest BCUT2D eigenvalue weighted by molar-refractivity contribution is 0.297. The van der Waals surface area contributed by atoms with Crippen molar-refractivity contribution >= 4 is 23.0 Å². The van der Waals surface area contributed by atoms with Crippen molar-refractivity contribution in [2.45, 2.75) is 26.4 Å². The van der Waals surface area contributed by atoms with E-state index in [1.54, 1.807) is 11.3 Å². The third kappa shape index (κ3) is 4.86.